The van der Waals surface area contributed by atoms with E-state index in [4.69, 9.17) is 4.74 Å². The molecule has 1 saturated carbocycles. The topological polar surface area (TPSA) is 34.1 Å². The summed E-state index contributed by atoms with van der Waals surface area (Å²) in [5.74, 6) is 1.52. The van der Waals surface area contributed by atoms with Crippen molar-refractivity contribution in [3.63, 3.8) is 0 Å². The first-order chi connectivity index (χ1) is 10.3. The third-order valence-corrected chi connectivity index (χ3v) is 4.70. The summed E-state index contributed by atoms with van der Waals surface area (Å²) < 4.78 is 5.23. The molecule has 1 fully saturated rings. The Morgan fingerprint density at radius 2 is 2.10 bits per heavy atom. The maximum atomic E-state index is 5.23. The lowest BCUT2D eigenvalue weighted by Gasteiger charge is -2.17. The summed E-state index contributed by atoms with van der Waals surface area (Å²) in [4.78, 5) is 4.44. The molecule has 2 aromatic rings. The van der Waals surface area contributed by atoms with Gasteiger partial charge in [-0.1, -0.05) is 12.1 Å². The minimum Gasteiger partial charge on any atom is -0.497 e. The summed E-state index contributed by atoms with van der Waals surface area (Å²) in [6, 6.07) is 9.20. The first kappa shape index (κ1) is 14.5. The minimum atomic E-state index is 0.602. The number of benzene rings is 1. The number of hydrogen-bond donors (Lipinski definition) is 1. The molecule has 21 heavy (non-hydrogen) atoms. The number of hydrogen-bond acceptors (Lipinski definition) is 4. The van der Waals surface area contributed by atoms with Crippen LogP contribution >= 0.6 is 11.3 Å². The van der Waals surface area contributed by atoms with Crippen molar-refractivity contribution in [3.8, 4) is 5.75 Å². The van der Waals surface area contributed by atoms with E-state index in [-0.39, 0.29) is 0 Å². The molecule has 0 amide bonds. The number of ether oxygens (including phenoxy) is 1. The highest BCUT2D eigenvalue weighted by atomic mass is 32.1. The van der Waals surface area contributed by atoms with Crippen LogP contribution in [0.4, 0.5) is 0 Å². The Bertz CT molecular complexity index is 534. The van der Waals surface area contributed by atoms with E-state index in [1.54, 1.807) is 18.4 Å². The smallest absolute Gasteiger partial charge is 0.118 e. The van der Waals surface area contributed by atoms with Crippen molar-refractivity contribution in [2.45, 2.75) is 31.7 Å². The minimum absolute atomic E-state index is 0.602. The van der Waals surface area contributed by atoms with Crippen LogP contribution in [0.2, 0.25) is 0 Å². The molecular formula is C17H22N2OS. The van der Waals surface area contributed by atoms with E-state index in [9.17, 15) is 0 Å². The Morgan fingerprint density at radius 1 is 1.29 bits per heavy atom. The van der Waals surface area contributed by atoms with Crippen LogP contribution in [0.15, 0.2) is 35.8 Å². The first-order valence-electron chi connectivity index (χ1n) is 7.58. The molecule has 3 rings (SSSR count). The molecule has 1 aliphatic rings. The maximum absolute atomic E-state index is 5.23. The zero-order valence-corrected chi connectivity index (χ0v) is 13.2. The van der Waals surface area contributed by atoms with Gasteiger partial charge < -0.3 is 10.1 Å². The van der Waals surface area contributed by atoms with Gasteiger partial charge >= 0.3 is 0 Å². The number of thiazole rings is 1. The van der Waals surface area contributed by atoms with Crippen molar-refractivity contribution in [2.75, 3.05) is 13.7 Å². The lowest BCUT2D eigenvalue weighted by molar-refractivity contribution is 0.414. The monoisotopic (exact) mass is 302 g/mol. The van der Waals surface area contributed by atoms with E-state index in [1.165, 1.54) is 23.4 Å². The third kappa shape index (κ3) is 4.55. The predicted octanol–water partition coefficient (Wildman–Crippen LogP) is 3.31. The van der Waals surface area contributed by atoms with Crippen LogP contribution in [0.3, 0.4) is 0 Å². The second-order valence-corrected chi connectivity index (χ2v) is 6.71. The average molecular weight is 302 g/mol. The van der Waals surface area contributed by atoms with Gasteiger partial charge in [0.25, 0.3) is 0 Å². The molecule has 1 heterocycles. The fourth-order valence-corrected chi connectivity index (χ4v) is 3.27. The van der Waals surface area contributed by atoms with Gasteiger partial charge in [0.1, 0.15) is 5.75 Å². The van der Waals surface area contributed by atoms with Gasteiger partial charge in [-0.25, -0.2) is 4.98 Å². The zero-order valence-electron chi connectivity index (χ0n) is 12.4. The van der Waals surface area contributed by atoms with Crippen LogP contribution in [0.25, 0.3) is 0 Å². The molecule has 1 unspecified atom stereocenters. The van der Waals surface area contributed by atoms with E-state index in [0.717, 1.165) is 31.2 Å². The van der Waals surface area contributed by atoms with Crippen LogP contribution in [-0.2, 0) is 12.8 Å². The van der Waals surface area contributed by atoms with E-state index in [2.05, 4.69) is 27.8 Å². The van der Waals surface area contributed by atoms with Gasteiger partial charge in [-0.2, -0.15) is 0 Å². The summed E-state index contributed by atoms with van der Waals surface area (Å²) in [6.45, 7) is 1.08. The van der Waals surface area contributed by atoms with E-state index in [0.29, 0.717) is 5.92 Å². The summed E-state index contributed by atoms with van der Waals surface area (Å²) in [6.07, 6.45) is 6.73. The Labute approximate surface area is 130 Å². The van der Waals surface area contributed by atoms with Crippen molar-refractivity contribution in [3.05, 3.63) is 46.4 Å². The molecule has 112 valence electrons. The van der Waals surface area contributed by atoms with Crippen LogP contribution in [0.5, 0.6) is 5.75 Å². The van der Waals surface area contributed by atoms with Gasteiger partial charge in [-0.15, -0.1) is 11.3 Å². The number of aromatic nitrogens is 1. The van der Waals surface area contributed by atoms with Crippen molar-refractivity contribution in [2.24, 2.45) is 5.92 Å². The molecule has 3 nitrogen and oxygen atoms in total. The fourth-order valence-electron chi connectivity index (χ4n) is 2.53. The summed E-state index contributed by atoms with van der Waals surface area (Å²) in [5.41, 5.74) is 1.37. The number of nitrogens with zero attached hydrogens (tertiary/aromatic N) is 1. The van der Waals surface area contributed by atoms with Gasteiger partial charge in [0.2, 0.25) is 0 Å². The van der Waals surface area contributed by atoms with Gasteiger partial charge in [-0.3, -0.25) is 0 Å². The van der Waals surface area contributed by atoms with E-state index >= 15 is 0 Å². The maximum Gasteiger partial charge on any atom is 0.118 e. The molecule has 1 N–H and O–H groups in total. The third-order valence-electron chi connectivity index (χ3n) is 3.90. The molecule has 0 saturated heterocycles. The highest BCUT2D eigenvalue weighted by Gasteiger charge is 2.22. The first-order valence-corrected chi connectivity index (χ1v) is 8.46. The van der Waals surface area contributed by atoms with Crippen molar-refractivity contribution < 1.29 is 4.74 Å². The molecular weight excluding hydrogens is 280 g/mol. The lowest BCUT2D eigenvalue weighted by atomic mass is 9.96. The second kappa shape index (κ2) is 7.05. The van der Waals surface area contributed by atoms with Gasteiger partial charge in [-0.05, 0) is 49.4 Å². The Hall–Kier alpha value is -1.39. The molecule has 1 aromatic heterocycles. The van der Waals surface area contributed by atoms with Crippen LogP contribution in [-0.4, -0.2) is 24.7 Å². The van der Waals surface area contributed by atoms with Crippen LogP contribution < -0.4 is 10.1 Å². The normalized spacial score (nSPS) is 15.9. The SMILES string of the molecule is COc1ccc(CC(CNC2CC2)Cc2nccs2)cc1. The largest absolute Gasteiger partial charge is 0.497 e. The standard InChI is InChI=1S/C17H22N2OS/c1-20-16-6-2-13(3-7-16)10-14(12-19-15-4-5-15)11-17-18-8-9-21-17/h2-3,6-9,14-15,19H,4-5,10-12H2,1H3. The molecule has 4 heteroatoms. The van der Waals surface area contributed by atoms with Crippen LogP contribution in [0.1, 0.15) is 23.4 Å². The predicted molar refractivity (Wildman–Crippen MR) is 87.0 cm³/mol. The molecule has 0 aliphatic heterocycles. The summed E-state index contributed by atoms with van der Waals surface area (Å²) in [7, 11) is 1.71. The highest BCUT2D eigenvalue weighted by Crippen LogP contribution is 2.22. The van der Waals surface area contributed by atoms with Gasteiger partial charge in [0.05, 0.1) is 12.1 Å². The molecule has 1 aromatic carbocycles. The molecule has 0 bridgehead atoms. The van der Waals surface area contributed by atoms with Gasteiger partial charge in [0.15, 0.2) is 0 Å². The fraction of sp³-hybridized carbons (Fsp3) is 0.471. The van der Waals surface area contributed by atoms with Crippen molar-refractivity contribution in [1.82, 2.24) is 10.3 Å². The Kier molecular flexibility index (Phi) is 4.88. The molecule has 1 aliphatic carbocycles. The number of methoxy groups -OCH3 is 1. The number of rotatable bonds is 8. The zero-order chi connectivity index (χ0) is 14.5. The summed E-state index contributed by atoms with van der Waals surface area (Å²) in [5, 5.41) is 6.97. The lowest BCUT2D eigenvalue weighted by Crippen LogP contribution is -2.27. The Morgan fingerprint density at radius 3 is 2.71 bits per heavy atom. The van der Waals surface area contributed by atoms with Crippen LogP contribution in [0, 0.1) is 5.92 Å². The summed E-state index contributed by atoms with van der Waals surface area (Å²) >= 11 is 1.76. The average Bonchev–Trinajstić information content (AvgIpc) is 3.21. The Balaban J connectivity index is 1.61. The number of nitrogens with one attached hydrogen (secondary N) is 1. The van der Waals surface area contributed by atoms with Gasteiger partial charge in [0, 0.05) is 24.0 Å². The quantitative estimate of drug-likeness (QED) is 0.812. The highest BCUT2D eigenvalue weighted by molar-refractivity contribution is 7.09. The second-order valence-electron chi connectivity index (χ2n) is 5.73. The molecule has 0 spiro atoms. The van der Waals surface area contributed by atoms with E-state index in [1.807, 2.05) is 18.3 Å². The van der Waals surface area contributed by atoms with Crippen molar-refractivity contribution >= 4 is 11.3 Å². The van der Waals surface area contributed by atoms with Crippen molar-refractivity contribution in [1.29, 1.82) is 0 Å². The molecule has 1 atom stereocenters. The molecule has 0 radical (unpaired) electrons. The van der Waals surface area contributed by atoms with E-state index < -0.39 is 0 Å².